The van der Waals surface area contributed by atoms with Crippen molar-refractivity contribution in [2.24, 2.45) is 5.92 Å². The molecule has 0 bridgehead atoms. The van der Waals surface area contributed by atoms with Gasteiger partial charge in [0.15, 0.2) is 0 Å². The van der Waals surface area contributed by atoms with Gasteiger partial charge in [-0.2, -0.15) is 9.29 Å². The SMILES string of the molecule is CC(C)CN(C[C@H](O)[C@H](Cc1ccccc1)NC(=O)O)S(=O)(=O)c1ccc(-c2noc(-c3ccc([N+](=O)[O-])cc3)n2)cc1. The maximum absolute atomic E-state index is 13.7. The fourth-order valence-corrected chi connectivity index (χ4v) is 6.05. The van der Waals surface area contributed by atoms with E-state index in [2.05, 4.69) is 15.5 Å². The number of nitrogens with zero attached hydrogens (tertiary/aromatic N) is 4. The Bertz CT molecular complexity index is 1640. The van der Waals surface area contributed by atoms with E-state index < -0.39 is 33.2 Å². The predicted octanol–water partition coefficient (Wildman–Crippen LogP) is 4.20. The summed E-state index contributed by atoms with van der Waals surface area (Å²) in [5, 5.41) is 37.5. The molecule has 0 unspecified atom stereocenters. The quantitative estimate of drug-likeness (QED) is 0.146. The Morgan fingerprint density at radius 3 is 2.21 bits per heavy atom. The largest absolute Gasteiger partial charge is 0.465 e. The van der Waals surface area contributed by atoms with Crippen molar-refractivity contribution in [3.05, 3.63) is 94.5 Å². The van der Waals surface area contributed by atoms with E-state index in [0.717, 1.165) is 9.87 Å². The molecule has 0 aliphatic rings. The number of carbonyl (C=O) groups is 1. The lowest BCUT2D eigenvalue weighted by atomic mass is 10.0. The molecule has 3 aromatic carbocycles. The second-order valence-corrected chi connectivity index (χ2v) is 12.2. The van der Waals surface area contributed by atoms with Gasteiger partial charge in [0.2, 0.25) is 15.8 Å². The number of amides is 1. The summed E-state index contributed by atoms with van der Waals surface area (Å²) in [6.07, 6.45) is -2.49. The number of non-ortho nitro benzene ring substituents is 1. The minimum absolute atomic E-state index is 0.0333. The Labute approximate surface area is 248 Å². The van der Waals surface area contributed by atoms with Gasteiger partial charge in [-0.05, 0) is 54.3 Å². The molecule has 1 amide bonds. The first kappa shape index (κ1) is 31.3. The highest BCUT2D eigenvalue weighted by atomic mass is 32.2. The number of nitro groups is 1. The molecular weight excluding hydrogens is 578 g/mol. The fraction of sp³-hybridized carbons (Fsp3) is 0.276. The van der Waals surface area contributed by atoms with Crippen LogP contribution >= 0.6 is 0 Å². The van der Waals surface area contributed by atoms with E-state index in [1.807, 2.05) is 19.9 Å². The average molecular weight is 610 g/mol. The molecule has 3 N–H and O–H groups in total. The molecule has 0 radical (unpaired) electrons. The van der Waals surface area contributed by atoms with E-state index >= 15 is 0 Å². The summed E-state index contributed by atoms with van der Waals surface area (Å²) in [6.45, 7) is 3.45. The first-order valence-electron chi connectivity index (χ1n) is 13.3. The van der Waals surface area contributed by atoms with Crippen LogP contribution in [0.3, 0.4) is 0 Å². The van der Waals surface area contributed by atoms with Crippen LogP contribution in [-0.4, -0.2) is 69.3 Å². The number of rotatable bonds is 13. The third kappa shape index (κ3) is 8.00. The van der Waals surface area contributed by atoms with Crippen molar-refractivity contribution >= 4 is 21.8 Å². The van der Waals surface area contributed by atoms with Gasteiger partial charge in [0, 0.05) is 36.3 Å². The third-order valence-electron chi connectivity index (χ3n) is 6.53. The Kier molecular flexibility index (Phi) is 9.85. The van der Waals surface area contributed by atoms with Crippen molar-refractivity contribution in [1.29, 1.82) is 0 Å². The fourth-order valence-electron chi connectivity index (χ4n) is 4.43. The van der Waals surface area contributed by atoms with Crippen molar-refractivity contribution in [3.63, 3.8) is 0 Å². The van der Waals surface area contributed by atoms with E-state index in [-0.39, 0.29) is 47.7 Å². The van der Waals surface area contributed by atoms with Gasteiger partial charge in [-0.15, -0.1) is 0 Å². The third-order valence-corrected chi connectivity index (χ3v) is 8.38. The van der Waals surface area contributed by atoms with Gasteiger partial charge in [0.1, 0.15) is 0 Å². The van der Waals surface area contributed by atoms with Crippen LogP contribution in [0.25, 0.3) is 22.8 Å². The lowest BCUT2D eigenvalue weighted by Gasteiger charge is -2.30. The molecule has 2 atom stereocenters. The summed E-state index contributed by atoms with van der Waals surface area (Å²) >= 11 is 0. The van der Waals surface area contributed by atoms with E-state index in [1.165, 1.54) is 48.5 Å². The number of benzene rings is 3. The van der Waals surface area contributed by atoms with Crippen LogP contribution < -0.4 is 5.32 Å². The molecule has 0 fully saturated rings. The lowest BCUT2D eigenvalue weighted by molar-refractivity contribution is -0.384. The van der Waals surface area contributed by atoms with Gasteiger partial charge < -0.3 is 20.1 Å². The number of sulfonamides is 1. The van der Waals surface area contributed by atoms with Gasteiger partial charge in [-0.25, -0.2) is 13.2 Å². The van der Waals surface area contributed by atoms with E-state index in [1.54, 1.807) is 24.3 Å². The van der Waals surface area contributed by atoms with E-state index in [4.69, 9.17) is 4.52 Å². The molecule has 4 aromatic rings. The smallest absolute Gasteiger partial charge is 0.404 e. The molecule has 0 aliphatic heterocycles. The Balaban J connectivity index is 1.53. The molecule has 0 aliphatic carbocycles. The predicted molar refractivity (Wildman–Crippen MR) is 157 cm³/mol. The van der Waals surface area contributed by atoms with Gasteiger partial charge >= 0.3 is 6.09 Å². The number of nitrogens with one attached hydrogen (secondary N) is 1. The van der Waals surface area contributed by atoms with Crippen LogP contribution in [-0.2, 0) is 16.4 Å². The number of hydrogen-bond acceptors (Lipinski definition) is 9. The van der Waals surface area contributed by atoms with Crippen LogP contribution in [0, 0.1) is 16.0 Å². The molecule has 0 saturated carbocycles. The second kappa shape index (κ2) is 13.5. The average Bonchev–Trinajstić information content (AvgIpc) is 3.47. The number of carboxylic acid groups (broad SMARTS) is 1. The van der Waals surface area contributed by atoms with Crippen molar-refractivity contribution < 1.29 is 32.9 Å². The molecular formula is C29H31N5O8S. The monoisotopic (exact) mass is 609 g/mol. The van der Waals surface area contributed by atoms with Crippen LogP contribution in [0.15, 0.2) is 88.3 Å². The summed E-state index contributed by atoms with van der Waals surface area (Å²) < 4.78 is 33.8. The normalized spacial score (nSPS) is 13.1. The first-order chi connectivity index (χ1) is 20.4. The van der Waals surface area contributed by atoms with Crippen molar-refractivity contribution in [1.82, 2.24) is 19.8 Å². The minimum atomic E-state index is -4.10. The highest BCUT2D eigenvalue weighted by Crippen LogP contribution is 2.26. The van der Waals surface area contributed by atoms with Crippen LogP contribution in [0.5, 0.6) is 0 Å². The zero-order valence-electron chi connectivity index (χ0n) is 23.4. The van der Waals surface area contributed by atoms with Crippen molar-refractivity contribution in [2.45, 2.75) is 37.3 Å². The van der Waals surface area contributed by atoms with E-state index in [0.29, 0.717) is 11.1 Å². The van der Waals surface area contributed by atoms with Crippen LogP contribution in [0.1, 0.15) is 19.4 Å². The highest BCUT2D eigenvalue weighted by molar-refractivity contribution is 7.89. The van der Waals surface area contributed by atoms with E-state index in [9.17, 15) is 33.5 Å². The van der Waals surface area contributed by atoms with Crippen molar-refractivity contribution in [3.8, 4) is 22.8 Å². The maximum atomic E-state index is 13.7. The molecule has 13 nitrogen and oxygen atoms in total. The molecule has 43 heavy (non-hydrogen) atoms. The number of aliphatic hydroxyl groups excluding tert-OH is 1. The summed E-state index contributed by atoms with van der Waals surface area (Å²) in [5.74, 6) is 0.243. The zero-order valence-corrected chi connectivity index (χ0v) is 24.2. The van der Waals surface area contributed by atoms with Crippen molar-refractivity contribution in [2.75, 3.05) is 13.1 Å². The summed E-state index contributed by atoms with van der Waals surface area (Å²) in [5.41, 5.74) is 1.66. The molecule has 226 valence electrons. The van der Waals surface area contributed by atoms with Crippen LogP contribution in [0.4, 0.5) is 10.5 Å². The number of nitro benzene ring substituents is 1. The zero-order chi connectivity index (χ0) is 31.1. The molecule has 1 aromatic heterocycles. The van der Waals surface area contributed by atoms with Crippen LogP contribution in [0.2, 0.25) is 0 Å². The Hall–Kier alpha value is -4.66. The lowest BCUT2D eigenvalue weighted by Crippen LogP contribution is -2.50. The molecule has 14 heteroatoms. The summed E-state index contributed by atoms with van der Waals surface area (Å²) in [7, 11) is -4.10. The van der Waals surface area contributed by atoms with Gasteiger partial charge in [0.05, 0.1) is 22.0 Å². The minimum Gasteiger partial charge on any atom is -0.465 e. The number of aromatic nitrogens is 2. The standard InChI is InChI=1S/C29H31N5O8S/c1-19(2)17-33(18-26(35)25(30-29(36)37)16-20-6-4-3-5-7-20)43(40,41)24-14-10-21(11-15-24)27-31-28(42-32-27)22-8-12-23(13-9-22)34(38)39/h3-15,19,25-26,30,35H,16-18H2,1-2H3,(H,36,37)/t25-,26-/m0/s1. The van der Waals surface area contributed by atoms with Gasteiger partial charge in [-0.3, -0.25) is 10.1 Å². The molecule has 0 saturated heterocycles. The Morgan fingerprint density at radius 1 is 1.00 bits per heavy atom. The summed E-state index contributed by atoms with van der Waals surface area (Å²) in [4.78, 5) is 26.1. The second-order valence-electron chi connectivity index (χ2n) is 10.3. The molecule has 0 spiro atoms. The Morgan fingerprint density at radius 2 is 1.63 bits per heavy atom. The number of aliphatic hydroxyl groups is 1. The number of hydrogen-bond donors (Lipinski definition) is 3. The molecule has 4 rings (SSSR count). The maximum Gasteiger partial charge on any atom is 0.404 e. The topological polar surface area (TPSA) is 189 Å². The van der Waals surface area contributed by atoms with Gasteiger partial charge in [-0.1, -0.05) is 49.3 Å². The van der Waals surface area contributed by atoms with Gasteiger partial charge in [0.25, 0.3) is 11.6 Å². The summed E-state index contributed by atoms with van der Waals surface area (Å²) in [6, 6.07) is 19.5. The first-order valence-corrected chi connectivity index (χ1v) is 14.8. The molecule has 1 heterocycles. The highest BCUT2D eigenvalue weighted by Gasteiger charge is 2.31.